The number of methoxy groups -OCH3 is 1. The van der Waals surface area contributed by atoms with E-state index in [4.69, 9.17) is 14.6 Å². The molecule has 2 rings (SSSR count). The van der Waals surface area contributed by atoms with Gasteiger partial charge in [0.2, 0.25) is 5.91 Å². The second kappa shape index (κ2) is 9.11. The van der Waals surface area contributed by atoms with Crippen molar-refractivity contribution in [2.45, 2.75) is 38.6 Å². The number of amides is 1. The predicted molar refractivity (Wildman–Crippen MR) is 94.7 cm³/mol. The van der Waals surface area contributed by atoms with E-state index in [1.165, 1.54) is 13.2 Å². The first-order valence-corrected chi connectivity index (χ1v) is 8.49. The molecule has 1 fully saturated rings. The van der Waals surface area contributed by atoms with Gasteiger partial charge in [0.1, 0.15) is 0 Å². The largest absolute Gasteiger partial charge is 0.493 e. The fourth-order valence-corrected chi connectivity index (χ4v) is 2.87. The highest BCUT2D eigenvalue weighted by Gasteiger charge is 2.18. The maximum Gasteiger partial charge on any atom is 0.341 e. The molecule has 2 N–H and O–H groups in total. The Morgan fingerprint density at radius 3 is 2.60 bits per heavy atom. The fourth-order valence-electron chi connectivity index (χ4n) is 2.87. The standard InChI is InChI=1S/C19H25NO5/c1-13-3-7-15(8-4-13)20-18(21)10-6-14-5-9-16(17(11-14)24-2)25-12-19(22)23/h5-6,9-11,13,15H,3-4,7-8,12H2,1-2H3,(H,20,21)(H,22,23)/b10-6+/t13-,15-. The number of ether oxygens (including phenoxy) is 2. The lowest BCUT2D eigenvalue weighted by Crippen LogP contribution is -2.36. The van der Waals surface area contributed by atoms with E-state index in [9.17, 15) is 9.59 Å². The first kappa shape index (κ1) is 18.8. The van der Waals surface area contributed by atoms with Gasteiger partial charge in [0, 0.05) is 12.1 Å². The average Bonchev–Trinajstić information content (AvgIpc) is 2.60. The van der Waals surface area contributed by atoms with E-state index in [0.717, 1.165) is 37.2 Å². The number of aliphatic carboxylic acids is 1. The van der Waals surface area contributed by atoms with Gasteiger partial charge in [0.05, 0.1) is 7.11 Å². The molecule has 0 radical (unpaired) electrons. The maximum atomic E-state index is 12.0. The summed E-state index contributed by atoms with van der Waals surface area (Å²) in [5.74, 6) is 0.357. The van der Waals surface area contributed by atoms with E-state index in [-0.39, 0.29) is 11.9 Å². The van der Waals surface area contributed by atoms with Crippen molar-refractivity contribution in [1.82, 2.24) is 5.32 Å². The summed E-state index contributed by atoms with van der Waals surface area (Å²) in [6.07, 6.45) is 7.58. The van der Waals surface area contributed by atoms with Crippen LogP contribution in [-0.4, -0.2) is 36.7 Å². The van der Waals surface area contributed by atoms with Crippen LogP contribution in [0.15, 0.2) is 24.3 Å². The zero-order valence-corrected chi connectivity index (χ0v) is 14.7. The molecule has 6 heteroatoms. The normalized spacial score (nSPS) is 20.2. The molecule has 0 spiro atoms. The maximum absolute atomic E-state index is 12.0. The molecular weight excluding hydrogens is 322 g/mol. The van der Waals surface area contributed by atoms with E-state index in [1.807, 2.05) is 0 Å². The Kier molecular flexibility index (Phi) is 6.86. The molecule has 0 heterocycles. The molecule has 0 aliphatic heterocycles. The van der Waals surface area contributed by atoms with Crippen LogP contribution in [0.2, 0.25) is 0 Å². The van der Waals surface area contributed by atoms with Gasteiger partial charge in [0.25, 0.3) is 0 Å². The van der Waals surface area contributed by atoms with Crippen LogP contribution in [-0.2, 0) is 9.59 Å². The molecule has 0 bridgehead atoms. The molecule has 0 unspecified atom stereocenters. The van der Waals surface area contributed by atoms with Crippen LogP contribution >= 0.6 is 0 Å². The summed E-state index contributed by atoms with van der Waals surface area (Å²) < 4.78 is 10.4. The highest BCUT2D eigenvalue weighted by molar-refractivity contribution is 5.92. The van der Waals surface area contributed by atoms with Crippen molar-refractivity contribution in [2.75, 3.05) is 13.7 Å². The smallest absolute Gasteiger partial charge is 0.341 e. The van der Waals surface area contributed by atoms with Crippen LogP contribution in [0.25, 0.3) is 6.08 Å². The van der Waals surface area contributed by atoms with Gasteiger partial charge in [-0.2, -0.15) is 0 Å². The number of carbonyl (C=O) groups excluding carboxylic acids is 1. The summed E-state index contributed by atoms with van der Waals surface area (Å²) in [6.45, 7) is 1.81. The second-order valence-electron chi connectivity index (χ2n) is 6.39. The third-order valence-corrected chi connectivity index (χ3v) is 4.33. The third-order valence-electron chi connectivity index (χ3n) is 4.33. The van der Waals surface area contributed by atoms with Gasteiger partial charge in [0.15, 0.2) is 18.1 Å². The SMILES string of the molecule is COc1cc(/C=C/C(=O)N[C@H]2CC[C@H](C)CC2)ccc1OCC(=O)O. The molecule has 1 saturated carbocycles. The van der Waals surface area contributed by atoms with Gasteiger partial charge in [-0.15, -0.1) is 0 Å². The number of carboxylic acid groups (broad SMARTS) is 1. The molecule has 1 aliphatic carbocycles. The quantitative estimate of drug-likeness (QED) is 0.741. The minimum Gasteiger partial charge on any atom is -0.493 e. The Morgan fingerprint density at radius 2 is 1.96 bits per heavy atom. The number of hydrogen-bond acceptors (Lipinski definition) is 4. The van der Waals surface area contributed by atoms with E-state index >= 15 is 0 Å². The van der Waals surface area contributed by atoms with Crippen LogP contribution in [0.3, 0.4) is 0 Å². The van der Waals surface area contributed by atoms with Crippen LogP contribution in [0.5, 0.6) is 11.5 Å². The summed E-state index contributed by atoms with van der Waals surface area (Å²) in [5, 5.41) is 11.7. The number of carboxylic acids is 1. The zero-order chi connectivity index (χ0) is 18.2. The summed E-state index contributed by atoms with van der Waals surface area (Å²) in [6, 6.07) is 5.33. The second-order valence-corrected chi connectivity index (χ2v) is 6.39. The van der Waals surface area contributed by atoms with Crippen molar-refractivity contribution in [3.8, 4) is 11.5 Å². The molecule has 1 aromatic carbocycles. The first-order chi connectivity index (χ1) is 12.0. The Balaban J connectivity index is 1.93. The number of hydrogen-bond donors (Lipinski definition) is 2. The number of nitrogens with one attached hydrogen (secondary N) is 1. The zero-order valence-electron chi connectivity index (χ0n) is 14.7. The molecule has 1 aliphatic rings. The molecule has 136 valence electrons. The Bertz CT molecular complexity index is 633. The number of rotatable bonds is 7. The van der Waals surface area contributed by atoms with Gasteiger partial charge < -0.3 is 19.9 Å². The molecule has 0 atom stereocenters. The first-order valence-electron chi connectivity index (χ1n) is 8.49. The summed E-state index contributed by atoms with van der Waals surface area (Å²) in [4.78, 5) is 22.6. The van der Waals surface area contributed by atoms with E-state index in [2.05, 4.69) is 12.2 Å². The van der Waals surface area contributed by atoms with Crippen LogP contribution < -0.4 is 14.8 Å². The lowest BCUT2D eigenvalue weighted by atomic mass is 9.87. The van der Waals surface area contributed by atoms with Crippen molar-refractivity contribution < 1.29 is 24.2 Å². The van der Waals surface area contributed by atoms with Gasteiger partial charge in [-0.05, 0) is 55.4 Å². The monoisotopic (exact) mass is 347 g/mol. The van der Waals surface area contributed by atoms with Crippen LogP contribution in [0.1, 0.15) is 38.2 Å². The van der Waals surface area contributed by atoms with E-state index in [1.54, 1.807) is 24.3 Å². The molecule has 1 amide bonds. The molecular formula is C19H25NO5. The van der Waals surface area contributed by atoms with Gasteiger partial charge in [-0.25, -0.2) is 4.79 Å². The molecule has 6 nitrogen and oxygen atoms in total. The van der Waals surface area contributed by atoms with Crippen molar-refractivity contribution in [3.05, 3.63) is 29.8 Å². The summed E-state index contributed by atoms with van der Waals surface area (Å²) >= 11 is 0. The highest BCUT2D eigenvalue weighted by atomic mass is 16.5. The van der Waals surface area contributed by atoms with Crippen molar-refractivity contribution in [2.24, 2.45) is 5.92 Å². The van der Waals surface area contributed by atoms with Crippen LogP contribution in [0, 0.1) is 5.92 Å². The van der Waals surface area contributed by atoms with Crippen molar-refractivity contribution >= 4 is 18.0 Å². The van der Waals surface area contributed by atoms with E-state index < -0.39 is 12.6 Å². The third kappa shape index (κ3) is 6.14. The predicted octanol–water partition coefficient (Wildman–Crippen LogP) is 2.87. The molecule has 0 aromatic heterocycles. The topological polar surface area (TPSA) is 84.9 Å². The van der Waals surface area contributed by atoms with Crippen molar-refractivity contribution in [1.29, 1.82) is 0 Å². The highest BCUT2D eigenvalue weighted by Crippen LogP contribution is 2.28. The van der Waals surface area contributed by atoms with E-state index in [0.29, 0.717) is 11.5 Å². The lowest BCUT2D eigenvalue weighted by molar-refractivity contribution is -0.139. The van der Waals surface area contributed by atoms with Gasteiger partial charge in [-0.3, -0.25) is 4.79 Å². The number of carbonyl (C=O) groups is 2. The Labute approximate surface area is 147 Å². The minimum absolute atomic E-state index is 0.107. The fraction of sp³-hybridized carbons (Fsp3) is 0.474. The van der Waals surface area contributed by atoms with Crippen molar-refractivity contribution in [3.63, 3.8) is 0 Å². The average molecular weight is 347 g/mol. The van der Waals surface area contributed by atoms with Gasteiger partial charge >= 0.3 is 5.97 Å². The summed E-state index contributed by atoms with van der Waals surface area (Å²) in [7, 11) is 1.48. The Morgan fingerprint density at radius 1 is 1.24 bits per heavy atom. The molecule has 25 heavy (non-hydrogen) atoms. The number of benzene rings is 1. The van der Waals surface area contributed by atoms with Crippen LogP contribution in [0.4, 0.5) is 0 Å². The van der Waals surface area contributed by atoms with Gasteiger partial charge in [-0.1, -0.05) is 13.0 Å². The molecule has 0 saturated heterocycles. The summed E-state index contributed by atoms with van der Waals surface area (Å²) in [5.41, 5.74) is 0.770. The lowest BCUT2D eigenvalue weighted by Gasteiger charge is -2.26. The minimum atomic E-state index is -1.06. The Hall–Kier alpha value is -2.50. The molecule has 1 aromatic rings.